The first-order valence-corrected chi connectivity index (χ1v) is 12.0. The molecular weight excluding hydrogens is 461 g/mol. The Morgan fingerprint density at radius 1 is 1.21 bits per heavy atom. The van der Waals surface area contributed by atoms with Crippen LogP contribution in [-0.4, -0.2) is 39.9 Å². The van der Waals surface area contributed by atoms with Gasteiger partial charge in [-0.3, -0.25) is 14.4 Å². The third kappa shape index (κ3) is 3.85. The summed E-state index contributed by atoms with van der Waals surface area (Å²) in [4.78, 5) is 44.1. The fourth-order valence-electron chi connectivity index (χ4n) is 5.33. The number of nitrogens with two attached hydrogens (primary N) is 1. The highest BCUT2D eigenvalue weighted by Crippen LogP contribution is 2.49. The molecule has 2 heterocycles. The summed E-state index contributed by atoms with van der Waals surface area (Å²) in [6.07, 6.45) is 6.61. The number of nitrogens with zero attached hydrogens (tertiary/aromatic N) is 3. The molecule has 0 radical (unpaired) electrons. The van der Waals surface area contributed by atoms with E-state index in [0.29, 0.717) is 49.9 Å². The molecule has 1 saturated heterocycles. The third-order valence-corrected chi connectivity index (χ3v) is 7.79. The Balaban J connectivity index is 1.33. The lowest BCUT2D eigenvalue weighted by molar-refractivity contribution is -0.127. The summed E-state index contributed by atoms with van der Waals surface area (Å²) < 4.78 is 15.6. The van der Waals surface area contributed by atoms with Crippen LogP contribution in [0.1, 0.15) is 77.5 Å². The summed E-state index contributed by atoms with van der Waals surface area (Å²) in [7, 11) is 0. The molecule has 8 nitrogen and oxygen atoms in total. The van der Waals surface area contributed by atoms with E-state index in [2.05, 4.69) is 10.3 Å². The predicted molar refractivity (Wildman–Crippen MR) is 124 cm³/mol. The second-order valence-corrected chi connectivity index (χ2v) is 10.1. The largest absolute Gasteiger partial charge is 0.364 e. The van der Waals surface area contributed by atoms with Crippen LogP contribution in [0, 0.1) is 18.2 Å². The number of primary amides is 1. The fourth-order valence-corrected chi connectivity index (χ4v) is 5.58. The van der Waals surface area contributed by atoms with Gasteiger partial charge in [0.25, 0.3) is 11.8 Å². The number of nitrogens with one attached hydrogen (secondary N) is 1. The fraction of sp³-hybridized carbons (Fsp3) is 0.500. The monoisotopic (exact) mass is 487 g/mol. The highest BCUT2D eigenvalue weighted by molar-refractivity contribution is 6.34. The number of hydrogen-bond acceptors (Lipinski definition) is 4. The molecule has 1 spiro atoms. The topological polar surface area (TPSA) is 110 Å². The zero-order valence-corrected chi connectivity index (χ0v) is 19.7. The van der Waals surface area contributed by atoms with E-state index in [1.807, 2.05) is 0 Å². The standard InChI is InChI=1S/C24H27ClFN5O3/c1-13-10-18(16(25)11-17(13)26)30-9-8-24(23(30)34)6-4-15(5-7-24)31-12-28-19(20(31)21(27)32)22(33)29-14-2-3-14/h10-12,14-15H,2-9H2,1H3,(H2,27,32)(H,29,33). The van der Waals surface area contributed by atoms with Gasteiger partial charge in [0, 0.05) is 18.6 Å². The van der Waals surface area contributed by atoms with Crippen molar-refractivity contribution in [3.05, 3.63) is 46.3 Å². The number of imidazole rings is 1. The number of aryl methyl sites for hydroxylation is 1. The summed E-state index contributed by atoms with van der Waals surface area (Å²) in [5.41, 5.74) is 6.28. The molecule has 0 unspecified atom stereocenters. The lowest BCUT2D eigenvalue weighted by Crippen LogP contribution is -2.38. The number of anilines is 1. The number of carbonyl (C=O) groups excluding carboxylic acids is 3. The van der Waals surface area contributed by atoms with Crippen LogP contribution in [-0.2, 0) is 4.79 Å². The number of rotatable bonds is 5. The zero-order valence-electron chi connectivity index (χ0n) is 18.9. The molecule has 2 aromatic rings. The van der Waals surface area contributed by atoms with Gasteiger partial charge in [0.05, 0.1) is 22.5 Å². The highest BCUT2D eigenvalue weighted by Gasteiger charge is 2.49. The minimum atomic E-state index is -0.692. The van der Waals surface area contributed by atoms with Crippen molar-refractivity contribution in [2.75, 3.05) is 11.4 Å². The summed E-state index contributed by atoms with van der Waals surface area (Å²) in [6, 6.07) is 2.94. The molecule has 0 atom stereocenters. The maximum absolute atomic E-state index is 13.8. The van der Waals surface area contributed by atoms with Gasteiger partial charge in [-0.05, 0) is 69.6 Å². The van der Waals surface area contributed by atoms with E-state index in [1.54, 1.807) is 22.5 Å². The van der Waals surface area contributed by atoms with Gasteiger partial charge in [-0.1, -0.05) is 11.6 Å². The zero-order chi connectivity index (χ0) is 24.2. The number of amides is 3. The molecule has 10 heteroatoms. The van der Waals surface area contributed by atoms with E-state index in [-0.39, 0.29) is 40.3 Å². The van der Waals surface area contributed by atoms with Crippen LogP contribution in [0.5, 0.6) is 0 Å². The van der Waals surface area contributed by atoms with Crippen molar-refractivity contribution in [1.29, 1.82) is 0 Å². The summed E-state index contributed by atoms with van der Waals surface area (Å²) in [6.45, 7) is 2.18. The number of benzene rings is 1. The first-order valence-electron chi connectivity index (χ1n) is 11.7. The molecule has 1 aromatic heterocycles. The molecule has 2 saturated carbocycles. The normalized spacial score (nSPS) is 24.6. The Morgan fingerprint density at radius 2 is 1.91 bits per heavy atom. The summed E-state index contributed by atoms with van der Waals surface area (Å²) >= 11 is 6.27. The maximum atomic E-state index is 13.8. The third-order valence-electron chi connectivity index (χ3n) is 7.49. The van der Waals surface area contributed by atoms with Gasteiger partial charge in [-0.15, -0.1) is 0 Å². The predicted octanol–water partition coefficient (Wildman–Crippen LogP) is 3.51. The van der Waals surface area contributed by atoms with Crippen molar-refractivity contribution in [1.82, 2.24) is 14.9 Å². The van der Waals surface area contributed by atoms with Crippen LogP contribution in [0.4, 0.5) is 10.1 Å². The average Bonchev–Trinajstić information content (AvgIpc) is 3.41. The van der Waals surface area contributed by atoms with E-state index >= 15 is 0 Å². The smallest absolute Gasteiger partial charge is 0.272 e. The van der Waals surface area contributed by atoms with Crippen molar-refractivity contribution >= 4 is 35.0 Å². The molecule has 1 aromatic carbocycles. The van der Waals surface area contributed by atoms with Gasteiger partial charge in [-0.2, -0.15) is 0 Å². The minimum Gasteiger partial charge on any atom is -0.364 e. The van der Waals surface area contributed by atoms with Gasteiger partial charge < -0.3 is 20.5 Å². The summed E-state index contributed by atoms with van der Waals surface area (Å²) in [5.74, 6) is -1.46. The van der Waals surface area contributed by atoms with Crippen molar-refractivity contribution < 1.29 is 18.8 Å². The minimum absolute atomic E-state index is 0.00381. The average molecular weight is 488 g/mol. The number of carbonyl (C=O) groups is 3. The first-order chi connectivity index (χ1) is 16.2. The Morgan fingerprint density at radius 3 is 2.56 bits per heavy atom. The lowest BCUT2D eigenvalue weighted by Gasteiger charge is -2.36. The van der Waals surface area contributed by atoms with Gasteiger partial charge in [0.2, 0.25) is 5.91 Å². The van der Waals surface area contributed by atoms with E-state index in [9.17, 15) is 18.8 Å². The summed E-state index contributed by atoms with van der Waals surface area (Å²) in [5, 5.41) is 3.08. The lowest BCUT2D eigenvalue weighted by atomic mass is 9.71. The van der Waals surface area contributed by atoms with Crippen molar-refractivity contribution in [2.45, 2.75) is 64.0 Å². The molecule has 0 bridgehead atoms. The maximum Gasteiger partial charge on any atom is 0.272 e. The van der Waals surface area contributed by atoms with Crippen LogP contribution in [0.2, 0.25) is 5.02 Å². The number of hydrogen-bond donors (Lipinski definition) is 2. The molecule has 180 valence electrons. The van der Waals surface area contributed by atoms with Crippen LogP contribution in [0.25, 0.3) is 0 Å². The highest BCUT2D eigenvalue weighted by atomic mass is 35.5. The van der Waals surface area contributed by atoms with Gasteiger partial charge in [0.15, 0.2) is 5.69 Å². The van der Waals surface area contributed by atoms with E-state index < -0.39 is 17.1 Å². The SMILES string of the molecule is Cc1cc(N2CCC3(CCC(n4cnc(C(=O)NC5CC5)c4C(N)=O)CC3)C2=O)c(Cl)cc1F. The Bertz CT molecular complexity index is 1180. The second kappa shape index (κ2) is 8.37. The molecule has 1 aliphatic heterocycles. The molecular formula is C24H27ClFN5O3. The quantitative estimate of drug-likeness (QED) is 0.672. The van der Waals surface area contributed by atoms with Crippen LogP contribution in [0.3, 0.4) is 0 Å². The molecule has 2 aliphatic carbocycles. The molecule has 34 heavy (non-hydrogen) atoms. The molecule has 3 N–H and O–H groups in total. The van der Waals surface area contributed by atoms with Crippen molar-refractivity contribution in [3.8, 4) is 0 Å². The number of halogens is 2. The first kappa shape index (κ1) is 22.8. The second-order valence-electron chi connectivity index (χ2n) is 9.73. The van der Waals surface area contributed by atoms with Crippen LogP contribution < -0.4 is 16.0 Å². The van der Waals surface area contributed by atoms with Gasteiger partial charge in [0.1, 0.15) is 11.5 Å². The van der Waals surface area contributed by atoms with Crippen molar-refractivity contribution in [2.24, 2.45) is 11.1 Å². The van der Waals surface area contributed by atoms with E-state index in [0.717, 1.165) is 12.8 Å². The molecule has 3 amide bonds. The molecule has 3 fully saturated rings. The molecule has 3 aliphatic rings. The van der Waals surface area contributed by atoms with E-state index in [1.165, 1.54) is 12.4 Å². The van der Waals surface area contributed by atoms with Crippen LogP contribution in [0.15, 0.2) is 18.5 Å². The molecule has 5 rings (SSSR count). The van der Waals surface area contributed by atoms with Crippen LogP contribution >= 0.6 is 11.6 Å². The Hall–Kier alpha value is -2.94. The Kier molecular flexibility index (Phi) is 5.62. The Labute approximate surface area is 201 Å². The van der Waals surface area contributed by atoms with Crippen molar-refractivity contribution in [3.63, 3.8) is 0 Å². The van der Waals surface area contributed by atoms with Gasteiger partial charge in [-0.25, -0.2) is 9.37 Å². The number of aromatic nitrogens is 2. The van der Waals surface area contributed by atoms with Gasteiger partial charge >= 0.3 is 0 Å². The van der Waals surface area contributed by atoms with E-state index in [4.69, 9.17) is 17.3 Å².